The maximum atomic E-state index is 12.5. The molecule has 1 aromatic rings. The number of hydrogen-bond donors (Lipinski definition) is 2. The van der Waals surface area contributed by atoms with Crippen LogP contribution in [-0.2, 0) is 14.8 Å². The maximum Gasteiger partial charge on any atom is 0.253 e. The van der Waals surface area contributed by atoms with Crippen molar-refractivity contribution >= 4 is 27.5 Å². The average Bonchev–Trinajstić information content (AvgIpc) is 2.59. The van der Waals surface area contributed by atoms with Gasteiger partial charge in [0.25, 0.3) is 5.91 Å². The number of amides is 2. The summed E-state index contributed by atoms with van der Waals surface area (Å²) < 4.78 is 24.7. The Balaban J connectivity index is 2.10. The third-order valence-corrected chi connectivity index (χ3v) is 5.33. The van der Waals surface area contributed by atoms with Crippen LogP contribution >= 0.6 is 0 Å². The van der Waals surface area contributed by atoms with Crippen LogP contribution in [0.4, 0.5) is 5.69 Å². The fraction of sp³-hybridized carbons (Fsp3) is 0.412. The van der Waals surface area contributed by atoms with Crippen LogP contribution < -0.4 is 10.6 Å². The number of nitrogens with zero attached hydrogens (tertiary/aromatic N) is 1. The lowest BCUT2D eigenvalue weighted by molar-refractivity contribution is -0.120. The van der Waals surface area contributed by atoms with E-state index in [0.717, 1.165) is 6.26 Å². The predicted molar refractivity (Wildman–Crippen MR) is 96.7 cm³/mol. The van der Waals surface area contributed by atoms with Crippen molar-refractivity contribution in [3.05, 3.63) is 42.5 Å². The number of anilines is 1. The lowest BCUT2D eigenvalue weighted by Crippen LogP contribution is -2.43. The van der Waals surface area contributed by atoms with Gasteiger partial charge in [0.2, 0.25) is 15.9 Å². The first kappa shape index (κ1) is 19.1. The van der Waals surface area contributed by atoms with Crippen LogP contribution in [0.2, 0.25) is 0 Å². The highest BCUT2D eigenvalue weighted by Crippen LogP contribution is 2.22. The van der Waals surface area contributed by atoms with E-state index in [2.05, 4.69) is 17.2 Å². The number of piperidine rings is 1. The number of rotatable bonds is 6. The van der Waals surface area contributed by atoms with E-state index in [0.29, 0.717) is 37.2 Å². The summed E-state index contributed by atoms with van der Waals surface area (Å²) in [5.74, 6) is -1.03. The predicted octanol–water partition coefficient (Wildman–Crippen LogP) is 1.21. The number of nitrogens with one attached hydrogen (secondary N) is 2. The molecule has 8 heteroatoms. The Bertz CT molecular complexity index is 761. The molecule has 0 bridgehead atoms. The number of para-hydroxylation sites is 1. The minimum atomic E-state index is -3.32. The topological polar surface area (TPSA) is 95.6 Å². The van der Waals surface area contributed by atoms with E-state index in [1.165, 1.54) is 4.31 Å². The molecule has 2 amide bonds. The summed E-state index contributed by atoms with van der Waals surface area (Å²) in [6.07, 6.45) is 3.96. The minimum absolute atomic E-state index is 0.162. The molecule has 0 unspecified atom stereocenters. The third-order valence-electron chi connectivity index (χ3n) is 4.06. The molecule has 25 heavy (non-hydrogen) atoms. The van der Waals surface area contributed by atoms with Gasteiger partial charge in [-0.2, -0.15) is 0 Å². The van der Waals surface area contributed by atoms with Gasteiger partial charge < -0.3 is 10.6 Å². The average molecular weight is 365 g/mol. The highest BCUT2D eigenvalue weighted by atomic mass is 32.2. The lowest BCUT2D eigenvalue weighted by atomic mass is 9.98. The van der Waals surface area contributed by atoms with E-state index in [4.69, 9.17) is 0 Å². The highest BCUT2D eigenvalue weighted by molar-refractivity contribution is 7.88. The summed E-state index contributed by atoms with van der Waals surface area (Å²) in [5.41, 5.74) is 0.763. The van der Waals surface area contributed by atoms with Crippen LogP contribution in [0.15, 0.2) is 36.9 Å². The van der Waals surface area contributed by atoms with E-state index in [9.17, 15) is 18.0 Å². The van der Waals surface area contributed by atoms with E-state index in [-0.39, 0.29) is 18.4 Å². The first-order valence-electron chi connectivity index (χ1n) is 8.07. The van der Waals surface area contributed by atoms with Gasteiger partial charge >= 0.3 is 0 Å². The molecule has 1 saturated heterocycles. The second-order valence-electron chi connectivity index (χ2n) is 5.99. The zero-order chi connectivity index (χ0) is 18.4. The van der Waals surface area contributed by atoms with Crippen molar-refractivity contribution in [2.24, 2.45) is 5.92 Å². The van der Waals surface area contributed by atoms with Crippen LogP contribution in [0.5, 0.6) is 0 Å². The monoisotopic (exact) mass is 365 g/mol. The van der Waals surface area contributed by atoms with Gasteiger partial charge in [-0.3, -0.25) is 9.59 Å². The van der Waals surface area contributed by atoms with E-state index < -0.39 is 15.9 Å². The SMILES string of the molecule is C=CCNC(=O)c1ccccc1NC(=O)[C@H]1CCCN(S(C)(=O)=O)C1. The first-order valence-corrected chi connectivity index (χ1v) is 9.92. The molecule has 1 heterocycles. The molecule has 1 aromatic carbocycles. The van der Waals surface area contributed by atoms with Gasteiger partial charge in [0, 0.05) is 19.6 Å². The molecule has 136 valence electrons. The van der Waals surface area contributed by atoms with Gasteiger partial charge in [0.15, 0.2) is 0 Å². The lowest BCUT2D eigenvalue weighted by Gasteiger charge is -2.30. The summed E-state index contributed by atoms with van der Waals surface area (Å²) in [6, 6.07) is 6.71. The Labute approximate surface area is 148 Å². The van der Waals surface area contributed by atoms with Crippen molar-refractivity contribution in [3.8, 4) is 0 Å². The highest BCUT2D eigenvalue weighted by Gasteiger charge is 2.30. The summed E-state index contributed by atoms with van der Waals surface area (Å²) >= 11 is 0. The second-order valence-corrected chi connectivity index (χ2v) is 7.98. The van der Waals surface area contributed by atoms with Crippen LogP contribution in [0.25, 0.3) is 0 Å². The standard InChI is InChI=1S/C17H23N3O4S/c1-3-10-18-17(22)14-8-4-5-9-15(14)19-16(21)13-7-6-11-20(12-13)25(2,23)24/h3-5,8-9,13H,1,6-7,10-12H2,2H3,(H,18,22)(H,19,21)/t13-/m0/s1. The van der Waals surface area contributed by atoms with Gasteiger partial charge in [0.1, 0.15) is 0 Å². The molecule has 0 aliphatic carbocycles. The smallest absolute Gasteiger partial charge is 0.253 e. The van der Waals surface area contributed by atoms with Crippen LogP contribution in [0.3, 0.4) is 0 Å². The van der Waals surface area contributed by atoms with E-state index in [1.54, 1.807) is 30.3 Å². The number of hydrogen-bond acceptors (Lipinski definition) is 4. The van der Waals surface area contributed by atoms with Crippen LogP contribution in [0.1, 0.15) is 23.2 Å². The number of sulfonamides is 1. The number of benzene rings is 1. The molecule has 0 aromatic heterocycles. The van der Waals surface area contributed by atoms with Crippen molar-refractivity contribution in [2.45, 2.75) is 12.8 Å². The molecule has 1 fully saturated rings. The molecule has 7 nitrogen and oxygen atoms in total. The normalized spacial score (nSPS) is 18.4. The Hall–Kier alpha value is -2.19. The second kappa shape index (κ2) is 8.26. The zero-order valence-electron chi connectivity index (χ0n) is 14.2. The molecule has 2 N–H and O–H groups in total. The molecule has 1 aliphatic heterocycles. The first-order chi connectivity index (χ1) is 11.8. The van der Waals surface area contributed by atoms with Crippen molar-refractivity contribution < 1.29 is 18.0 Å². The Morgan fingerprint density at radius 2 is 2.08 bits per heavy atom. The Morgan fingerprint density at radius 3 is 2.76 bits per heavy atom. The molecule has 1 aliphatic rings. The minimum Gasteiger partial charge on any atom is -0.349 e. The molecule has 1 atom stereocenters. The maximum absolute atomic E-state index is 12.5. The zero-order valence-corrected chi connectivity index (χ0v) is 15.0. The van der Waals surface area contributed by atoms with Crippen molar-refractivity contribution in [2.75, 3.05) is 31.2 Å². The van der Waals surface area contributed by atoms with Crippen LogP contribution in [-0.4, -0.2) is 50.4 Å². The summed E-state index contributed by atoms with van der Waals surface area (Å²) in [7, 11) is -3.32. The molecule has 2 rings (SSSR count). The molecular weight excluding hydrogens is 342 g/mol. The van der Waals surface area contributed by atoms with E-state index in [1.807, 2.05) is 0 Å². The quantitative estimate of drug-likeness (QED) is 0.741. The number of carbonyl (C=O) groups is 2. The fourth-order valence-electron chi connectivity index (χ4n) is 2.74. The molecule has 0 radical (unpaired) electrons. The van der Waals surface area contributed by atoms with Crippen molar-refractivity contribution in [3.63, 3.8) is 0 Å². The molecular formula is C17H23N3O4S. The fourth-order valence-corrected chi connectivity index (χ4v) is 3.65. The third kappa shape index (κ3) is 5.14. The summed E-state index contributed by atoms with van der Waals surface area (Å²) in [6.45, 7) is 4.47. The van der Waals surface area contributed by atoms with Gasteiger partial charge in [-0.15, -0.1) is 6.58 Å². The number of carbonyl (C=O) groups excluding carboxylic acids is 2. The molecule has 0 spiro atoms. The van der Waals surface area contributed by atoms with Crippen LogP contribution in [0, 0.1) is 5.92 Å². The van der Waals surface area contributed by atoms with Crippen molar-refractivity contribution in [1.82, 2.24) is 9.62 Å². The van der Waals surface area contributed by atoms with E-state index >= 15 is 0 Å². The molecule has 0 saturated carbocycles. The van der Waals surface area contributed by atoms with Gasteiger partial charge in [-0.25, -0.2) is 12.7 Å². The summed E-state index contributed by atoms with van der Waals surface area (Å²) in [5, 5.41) is 5.44. The largest absolute Gasteiger partial charge is 0.349 e. The Kier molecular flexibility index (Phi) is 6.33. The van der Waals surface area contributed by atoms with Gasteiger partial charge in [-0.05, 0) is 25.0 Å². The van der Waals surface area contributed by atoms with Gasteiger partial charge in [0.05, 0.1) is 23.4 Å². The van der Waals surface area contributed by atoms with Crippen molar-refractivity contribution in [1.29, 1.82) is 0 Å². The van der Waals surface area contributed by atoms with Gasteiger partial charge in [-0.1, -0.05) is 18.2 Å². The Morgan fingerprint density at radius 1 is 1.36 bits per heavy atom. The summed E-state index contributed by atoms with van der Waals surface area (Å²) in [4.78, 5) is 24.7.